The van der Waals surface area contributed by atoms with Crippen LogP contribution in [0.4, 0.5) is 0 Å². The normalized spacial score (nSPS) is 10.8. The van der Waals surface area contributed by atoms with Gasteiger partial charge in [-0.05, 0) is 0 Å². The number of hydrogen-bond acceptors (Lipinski definition) is 6. The van der Waals surface area contributed by atoms with Gasteiger partial charge >= 0.3 is 70.5 Å². The van der Waals surface area contributed by atoms with Crippen molar-refractivity contribution in [2.24, 2.45) is 11.5 Å². The molecule has 0 unspecified atom stereocenters. The Bertz CT molecular complexity index is 373. The van der Waals surface area contributed by atoms with E-state index in [4.69, 9.17) is 31.9 Å². The summed E-state index contributed by atoms with van der Waals surface area (Å²) in [6.45, 7) is 0. The molecule has 119 valence electrons. The topological polar surface area (TPSA) is 201 Å². The molecule has 0 aliphatic carbocycles. The molecular weight excluding hydrogens is 355 g/mol. The smallest absolute Gasteiger partial charge is 0.481 e. The molecule has 12 heteroatoms. The summed E-state index contributed by atoms with van der Waals surface area (Å²) in [5.41, 5.74) is 6.88. The summed E-state index contributed by atoms with van der Waals surface area (Å²) in [6, 6.07) is 0. The standard InChI is InChI=1S/C10H16N2O8.Fe.Na/c11-9(1-5(13)14,2-6(15)16)10(12,3-7(17)18)4-8(19)20;;/h1-4,11-12H2,(H,13,14)(H,15,16)(H,17,18)(H,19,20);;/q;+3;+1. The Kier molecular flexibility index (Phi) is 12.1. The Morgan fingerprint density at radius 1 is 0.636 bits per heavy atom. The van der Waals surface area contributed by atoms with Gasteiger partial charge in [0.05, 0.1) is 36.8 Å². The van der Waals surface area contributed by atoms with Crippen molar-refractivity contribution in [1.29, 1.82) is 0 Å². The number of rotatable bonds is 9. The molecule has 1 radical (unpaired) electrons. The molecule has 0 spiro atoms. The van der Waals surface area contributed by atoms with E-state index in [0.29, 0.717) is 0 Å². The average molecular weight is 371 g/mol. The quantitative estimate of drug-likeness (QED) is 0.214. The van der Waals surface area contributed by atoms with Crippen LogP contribution in [0.25, 0.3) is 0 Å². The van der Waals surface area contributed by atoms with Gasteiger partial charge in [0, 0.05) is 0 Å². The third-order valence-electron chi connectivity index (χ3n) is 2.86. The van der Waals surface area contributed by atoms with E-state index >= 15 is 0 Å². The second kappa shape index (κ2) is 10.2. The van der Waals surface area contributed by atoms with Crippen molar-refractivity contribution >= 4 is 23.9 Å². The van der Waals surface area contributed by atoms with Crippen LogP contribution in [0, 0.1) is 0 Å². The first-order valence-electron chi connectivity index (χ1n) is 5.37. The van der Waals surface area contributed by atoms with Crippen LogP contribution < -0.4 is 41.0 Å². The molecule has 0 aliphatic heterocycles. The number of carboxylic acid groups (broad SMARTS) is 4. The molecule has 0 heterocycles. The third-order valence-corrected chi connectivity index (χ3v) is 2.86. The van der Waals surface area contributed by atoms with Crippen LogP contribution in [0.1, 0.15) is 25.7 Å². The Labute approximate surface area is 158 Å². The van der Waals surface area contributed by atoms with E-state index in [-0.39, 0.29) is 46.6 Å². The zero-order chi connectivity index (χ0) is 16.1. The maximum absolute atomic E-state index is 10.8. The molecule has 0 saturated heterocycles. The van der Waals surface area contributed by atoms with Crippen LogP contribution in [0.5, 0.6) is 0 Å². The molecular formula is C10H16FeN2NaO8+4. The minimum Gasteiger partial charge on any atom is -0.481 e. The van der Waals surface area contributed by atoms with Crippen molar-refractivity contribution in [2.75, 3.05) is 0 Å². The fourth-order valence-corrected chi connectivity index (χ4v) is 1.91. The molecule has 0 saturated carbocycles. The van der Waals surface area contributed by atoms with Gasteiger partial charge in [0.25, 0.3) is 0 Å². The van der Waals surface area contributed by atoms with Crippen molar-refractivity contribution in [3.8, 4) is 0 Å². The van der Waals surface area contributed by atoms with Crippen molar-refractivity contribution < 1.29 is 86.2 Å². The monoisotopic (exact) mass is 371 g/mol. The van der Waals surface area contributed by atoms with E-state index in [0.717, 1.165) is 0 Å². The molecule has 10 nitrogen and oxygen atoms in total. The van der Waals surface area contributed by atoms with Gasteiger partial charge in [0.2, 0.25) is 0 Å². The van der Waals surface area contributed by atoms with Gasteiger partial charge in [-0.25, -0.2) is 0 Å². The molecule has 0 amide bonds. The number of hydrogen-bond donors (Lipinski definition) is 6. The van der Waals surface area contributed by atoms with Gasteiger partial charge in [0.1, 0.15) is 0 Å². The van der Waals surface area contributed by atoms with Crippen LogP contribution in [-0.4, -0.2) is 55.4 Å². The SMILES string of the molecule is NC(CC(=O)O)(CC(=O)O)C(N)(CC(=O)O)CC(=O)O.[Fe+3].[Na+]. The van der Waals surface area contributed by atoms with E-state index in [1.165, 1.54) is 0 Å². The second-order valence-electron chi connectivity index (χ2n) is 4.59. The molecule has 22 heavy (non-hydrogen) atoms. The van der Waals surface area contributed by atoms with Gasteiger partial charge in [0.15, 0.2) is 0 Å². The Hall–Kier alpha value is -0.681. The van der Waals surface area contributed by atoms with Crippen LogP contribution in [0.15, 0.2) is 0 Å². The summed E-state index contributed by atoms with van der Waals surface area (Å²) in [5, 5.41) is 35.1. The van der Waals surface area contributed by atoms with Crippen molar-refractivity contribution in [1.82, 2.24) is 0 Å². The molecule has 0 aliphatic rings. The summed E-state index contributed by atoms with van der Waals surface area (Å²) in [7, 11) is 0. The number of carbonyl (C=O) groups is 4. The number of carboxylic acids is 4. The van der Waals surface area contributed by atoms with Crippen LogP contribution in [0.2, 0.25) is 0 Å². The van der Waals surface area contributed by atoms with Crippen molar-refractivity contribution in [3.05, 3.63) is 0 Å². The molecule has 0 atom stereocenters. The minimum atomic E-state index is -2.22. The maximum Gasteiger partial charge on any atom is 3.00 e. The first kappa shape index (κ1) is 26.2. The van der Waals surface area contributed by atoms with E-state index in [2.05, 4.69) is 0 Å². The van der Waals surface area contributed by atoms with Gasteiger partial charge in [-0.3, -0.25) is 19.2 Å². The van der Waals surface area contributed by atoms with Crippen molar-refractivity contribution in [2.45, 2.75) is 36.8 Å². The van der Waals surface area contributed by atoms with Gasteiger partial charge < -0.3 is 31.9 Å². The largest absolute Gasteiger partial charge is 3.00 e. The van der Waals surface area contributed by atoms with E-state index in [1.54, 1.807) is 0 Å². The zero-order valence-corrected chi connectivity index (χ0v) is 14.9. The summed E-state index contributed by atoms with van der Waals surface area (Å²) in [4.78, 5) is 43.2. The first-order valence-corrected chi connectivity index (χ1v) is 5.37. The van der Waals surface area contributed by atoms with Gasteiger partial charge in [-0.1, -0.05) is 0 Å². The molecule has 0 aromatic carbocycles. The van der Waals surface area contributed by atoms with Crippen LogP contribution >= 0.6 is 0 Å². The van der Waals surface area contributed by atoms with E-state index in [9.17, 15) is 19.2 Å². The number of nitrogens with two attached hydrogens (primary N) is 2. The Morgan fingerprint density at radius 2 is 0.773 bits per heavy atom. The molecule has 8 N–H and O–H groups in total. The van der Waals surface area contributed by atoms with E-state index in [1.807, 2.05) is 0 Å². The fraction of sp³-hybridized carbons (Fsp3) is 0.600. The first-order chi connectivity index (χ1) is 8.92. The fourth-order valence-electron chi connectivity index (χ4n) is 1.91. The van der Waals surface area contributed by atoms with Gasteiger partial charge in [-0.2, -0.15) is 0 Å². The third kappa shape index (κ3) is 8.08. The average Bonchev–Trinajstić information content (AvgIpc) is 2.10. The van der Waals surface area contributed by atoms with E-state index < -0.39 is 60.6 Å². The van der Waals surface area contributed by atoms with Crippen LogP contribution in [0.3, 0.4) is 0 Å². The predicted octanol–water partition coefficient (Wildman–Crippen LogP) is -4.72. The molecule has 0 bridgehead atoms. The summed E-state index contributed by atoms with van der Waals surface area (Å²) in [6.07, 6.45) is -3.90. The minimum absolute atomic E-state index is 0. The Balaban J connectivity index is -0.00000180. The van der Waals surface area contributed by atoms with Gasteiger partial charge in [-0.15, -0.1) is 0 Å². The van der Waals surface area contributed by atoms with Crippen LogP contribution in [-0.2, 0) is 36.2 Å². The molecule has 0 aromatic rings. The molecule has 0 aromatic heterocycles. The summed E-state index contributed by atoms with van der Waals surface area (Å²) >= 11 is 0. The molecule has 0 rings (SSSR count). The predicted molar refractivity (Wildman–Crippen MR) is 62.8 cm³/mol. The number of aliphatic carboxylic acids is 4. The Morgan fingerprint density at radius 3 is 0.864 bits per heavy atom. The maximum atomic E-state index is 10.8. The molecule has 0 fully saturated rings. The summed E-state index contributed by atoms with van der Waals surface area (Å²) in [5.74, 6) is -6.06. The summed E-state index contributed by atoms with van der Waals surface area (Å²) < 4.78 is 0. The second-order valence-corrected chi connectivity index (χ2v) is 4.59. The van der Waals surface area contributed by atoms with Crippen molar-refractivity contribution in [3.63, 3.8) is 0 Å². The zero-order valence-electron chi connectivity index (χ0n) is 11.8.